The summed E-state index contributed by atoms with van der Waals surface area (Å²) < 4.78 is 43.4. The van der Waals surface area contributed by atoms with Crippen molar-refractivity contribution in [3.05, 3.63) is 28.2 Å². The predicted octanol–water partition coefficient (Wildman–Crippen LogP) is 2.79. The van der Waals surface area contributed by atoms with Gasteiger partial charge in [-0.25, -0.2) is 0 Å². The van der Waals surface area contributed by atoms with Crippen LogP contribution in [0.3, 0.4) is 0 Å². The van der Waals surface area contributed by atoms with Crippen molar-refractivity contribution in [2.24, 2.45) is 0 Å². The molecule has 7 heteroatoms. The molecule has 0 radical (unpaired) electrons. The highest BCUT2D eigenvalue weighted by Crippen LogP contribution is 2.28. The van der Waals surface area contributed by atoms with E-state index in [4.69, 9.17) is 10.5 Å². The number of para-hydroxylation sites is 1. The van der Waals surface area contributed by atoms with Gasteiger partial charge in [-0.05, 0) is 27.6 Å². The number of hydrogen-bond acceptors (Lipinski definition) is 3. The zero-order valence-corrected chi connectivity index (χ0v) is 11.7. The summed E-state index contributed by atoms with van der Waals surface area (Å²) in [6.45, 7) is 0.785. The van der Waals surface area contributed by atoms with E-state index in [9.17, 15) is 13.2 Å². The molecule has 1 heterocycles. The molecular weight excluding hydrogens is 325 g/mol. The summed E-state index contributed by atoms with van der Waals surface area (Å²) in [5.41, 5.74) is 7.28. The van der Waals surface area contributed by atoms with Gasteiger partial charge >= 0.3 is 6.18 Å². The van der Waals surface area contributed by atoms with Crippen molar-refractivity contribution in [2.75, 3.05) is 25.4 Å². The molecule has 1 atom stereocenters. The van der Waals surface area contributed by atoms with Gasteiger partial charge in [0.25, 0.3) is 0 Å². The first-order valence-corrected chi connectivity index (χ1v) is 6.61. The first kappa shape index (κ1) is 14.6. The monoisotopic (exact) mass is 338 g/mol. The van der Waals surface area contributed by atoms with Crippen molar-refractivity contribution in [1.29, 1.82) is 0 Å². The summed E-state index contributed by atoms with van der Waals surface area (Å²) in [6, 6.07) is 5.44. The molecule has 1 fully saturated rings. The van der Waals surface area contributed by atoms with Crippen LogP contribution >= 0.6 is 15.9 Å². The van der Waals surface area contributed by atoms with Gasteiger partial charge < -0.3 is 10.5 Å². The molecule has 106 valence electrons. The molecule has 1 aromatic rings. The van der Waals surface area contributed by atoms with Crippen molar-refractivity contribution < 1.29 is 17.9 Å². The number of nitrogens with zero attached hydrogens (tertiary/aromatic N) is 1. The maximum atomic E-state index is 12.6. The molecule has 19 heavy (non-hydrogen) atoms. The molecule has 0 saturated carbocycles. The van der Waals surface area contributed by atoms with E-state index < -0.39 is 12.3 Å². The Morgan fingerprint density at radius 1 is 1.42 bits per heavy atom. The Labute approximate surface area is 117 Å². The van der Waals surface area contributed by atoms with E-state index in [0.717, 1.165) is 10.0 Å². The number of nitrogen functional groups attached to an aromatic ring is 1. The maximum Gasteiger partial charge on any atom is 0.415 e. The van der Waals surface area contributed by atoms with Gasteiger partial charge in [-0.1, -0.05) is 12.1 Å². The minimum Gasteiger partial charge on any atom is -0.398 e. The molecule has 2 N–H and O–H groups in total. The molecule has 0 aliphatic carbocycles. The van der Waals surface area contributed by atoms with Gasteiger partial charge in [0.2, 0.25) is 0 Å². The molecule has 0 aromatic heterocycles. The van der Waals surface area contributed by atoms with Crippen LogP contribution in [0.1, 0.15) is 5.56 Å². The van der Waals surface area contributed by atoms with Gasteiger partial charge in [0.05, 0.1) is 12.3 Å². The number of hydrogen-bond donors (Lipinski definition) is 1. The fourth-order valence-corrected chi connectivity index (χ4v) is 2.41. The van der Waals surface area contributed by atoms with E-state index >= 15 is 0 Å². The van der Waals surface area contributed by atoms with Crippen LogP contribution in [0, 0.1) is 0 Å². The Kier molecular flexibility index (Phi) is 4.37. The highest BCUT2D eigenvalue weighted by Gasteiger charge is 2.43. The number of nitrogens with two attached hydrogens (primary N) is 1. The molecule has 2 rings (SSSR count). The lowest BCUT2D eigenvalue weighted by atomic mass is 10.1. The van der Waals surface area contributed by atoms with E-state index in [1.54, 1.807) is 11.0 Å². The molecule has 1 aliphatic rings. The molecular formula is C12H14BrF3N2O. The standard InChI is InChI=1S/C12H14BrF3N2O/c13-9-3-1-2-8(11(9)17)6-18-4-5-19-10(7-18)12(14,15)16/h1-3,10H,4-7,17H2. The molecule has 1 aliphatic heterocycles. The minimum absolute atomic E-state index is 0.0814. The van der Waals surface area contributed by atoms with Crippen LogP contribution in [-0.2, 0) is 11.3 Å². The number of alkyl halides is 3. The largest absolute Gasteiger partial charge is 0.415 e. The van der Waals surface area contributed by atoms with Crippen molar-refractivity contribution in [1.82, 2.24) is 4.90 Å². The van der Waals surface area contributed by atoms with Crippen LogP contribution in [0.25, 0.3) is 0 Å². The second-order valence-electron chi connectivity index (χ2n) is 4.45. The summed E-state index contributed by atoms with van der Waals surface area (Å²) >= 11 is 3.31. The van der Waals surface area contributed by atoms with Crippen LogP contribution in [0.5, 0.6) is 0 Å². The van der Waals surface area contributed by atoms with Gasteiger partial charge in [-0.3, -0.25) is 4.90 Å². The molecule has 1 saturated heterocycles. The van der Waals surface area contributed by atoms with Crippen LogP contribution < -0.4 is 5.73 Å². The third kappa shape index (κ3) is 3.61. The normalized spacial score (nSPS) is 21.6. The van der Waals surface area contributed by atoms with Gasteiger partial charge in [-0.15, -0.1) is 0 Å². The lowest BCUT2D eigenvalue weighted by Gasteiger charge is -2.34. The van der Waals surface area contributed by atoms with E-state index in [-0.39, 0.29) is 13.2 Å². The quantitative estimate of drug-likeness (QED) is 0.842. The maximum absolute atomic E-state index is 12.6. The summed E-state index contributed by atoms with van der Waals surface area (Å²) in [4.78, 5) is 1.71. The van der Waals surface area contributed by atoms with Crippen molar-refractivity contribution >= 4 is 21.6 Å². The fourth-order valence-electron chi connectivity index (χ4n) is 2.00. The topological polar surface area (TPSA) is 38.5 Å². The molecule has 1 unspecified atom stereocenters. The zero-order chi connectivity index (χ0) is 14.0. The summed E-state index contributed by atoms with van der Waals surface area (Å²) in [6.07, 6.45) is -6.03. The van der Waals surface area contributed by atoms with Gasteiger partial charge in [0, 0.05) is 24.1 Å². The lowest BCUT2D eigenvalue weighted by molar-refractivity contribution is -0.237. The smallest absolute Gasteiger partial charge is 0.398 e. The Morgan fingerprint density at radius 3 is 2.84 bits per heavy atom. The molecule has 3 nitrogen and oxygen atoms in total. The first-order valence-electron chi connectivity index (χ1n) is 5.81. The van der Waals surface area contributed by atoms with Crippen LogP contribution in [0.2, 0.25) is 0 Å². The SMILES string of the molecule is Nc1c(Br)cccc1CN1CCOC(C(F)(F)F)C1. The third-order valence-electron chi connectivity index (χ3n) is 3.05. The number of benzene rings is 1. The predicted molar refractivity (Wildman–Crippen MR) is 69.6 cm³/mol. The van der Waals surface area contributed by atoms with Gasteiger partial charge in [0.1, 0.15) is 0 Å². The Bertz CT molecular complexity index is 453. The highest BCUT2D eigenvalue weighted by atomic mass is 79.9. The van der Waals surface area contributed by atoms with E-state index in [1.807, 2.05) is 12.1 Å². The minimum atomic E-state index is -4.32. The summed E-state index contributed by atoms with van der Waals surface area (Å²) in [5, 5.41) is 0. The van der Waals surface area contributed by atoms with Gasteiger partial charge in [-0.2, -0.15) is 13.2 Å². The van der Waals surface area contributed by atoms with Crippen molar-refractivity contribution in [3.8, 4) is 0 Å². The zero-order valence-electron chi connectivity index (χ0n) is 10.1. The number of anilines is 1. The number of ether oxygens (including phenoxy) is 1. The third-order valence-corrected chi connectivity index (χ3v) is 3.74. The Morgan fingerprint density at radius 2 is 2.16 bits per heavy atom. The van der Waals surface area contributed by atoms with Crippen molar-refractivity contribution in [2.45, 2.75) is 18.8 Å². The van der Waals surface area contributed by atoms with E-state index in [1.165, 1.54) is 0 Å². The molecule has 0 amide bonds. The molecule has 0 spiro atoms. The average Bonchev–Trinajstić information content (AvgIpc) is 2.34. The summed E-state index contributed by atoms with van der Waals surface area (Å²) in [7, 11) is 0. The highest BCUT2D eigenvalue weighted by molar-refractivity contribution is 9.10. The number of halogens is 4. The van der Waals surface area contributed by atoms with E-state index in [0.29, 0.717) is 18.8 Å². The van der Waals surface area contributed by atoms with Crippen molar-refractivity contribution in [3.63, 3.8) is 0 Å². The molecule has 0 bridgehead atoms. The van der Waals surface area contributed by atoms with Crippen LogP contribution in [-0.4, -0.2) is 36.9 Å². The first-order chi connectivity index (χ1) is 8.88. The Hall–Kier alpha value is -0.790. The van der Waals surface area contributed by atoms with E-state index in [2.05, 4.69) is 15.9 Å². The van der Waals surface area contributed by atoms with Gasteiger partial charge in [0.15, 0.2) is 6.10 Å². The summed E-state index contributed by atoms with van der Waals surface area (Å²) in [5.74, 6) is 0. The second kappa shape index (κ2) is 5.68. The Balaban J connectivity index is 2.05. The van der Waals surface area contributed by atoms with Crippen LogP contribution in [0.4, 0.5) is 18.9 Å². The number of rotatable bonds is 2. The number of morpholine rings is 1. The second-order valence-corrected chi connectivity index (χ2v) is 5.30. The lowest BCUT2D eigenvalue weighted by Crippen LogP contribution is -2.48. The molecule has 1 aromatic carbocycles. The fraction of sp³-hybridized carbons (Fsp3) is 0.500. The average molecular weight is 339 g/mol. The van der Waals surface area contributed by atoms with Crippen LogP contribution in [0.15, 0.2) is 22.7 Å².